The van der Waals surface area contributed by atoms with Gasteiger partial charge in [0.1, 0.15) is 4.32 Å². The number of allylic oxidation sites excluding steroid dienone is 2. The van der Waals surface area contributed by atoms with Gasteiger partial charge < -0.3 is 5.32 Å². The van der Waals surface area contributed by atoms with E-state index < -0.39 is 0 Å². The van der Waals surface area contributed by atoms with Crippen LogP contribution >= 0.6 is 24.0 Å². The molecule has 0 bridgehead atoms. The van der Waals surface area contributed by atoms with E-state index in [0.717, 1.165) is 10.7 Å². The summed E-state index contributed by atoms with van der Waals surface area (Å²) in [6.45, 7) is 2.18. The van der Waals surface area contributed by atoms with Crippen LogP contribution in [0.4, 0.5) is 0 Å². The van der Waals surface area contributed by atoms with Gasteiger partial charge >= 0.3 is 0 Å². The molecule has 0 aromatic rings. The number of hydrogen-bond donors (Lipinski definition) is 1. The molecule has 64 valence electrons. The highest BCUT2D eigenvalue weighted by Gasteiger charge is 2.29. The van der Waals surface area contributed by atoms with Crippen molar-refractivity contribution in [1.29, 1.82) is 0 Å². The van der Waals surface area contributed by atoms with Crippen molar-refractivity contribution < 1.29 is 0 Å². The van der Waals surface area contributed by atoms with E-state index >= 15 is 0 Å². The van der Waals surface area contributed by atoms with Gasteiger partial charge in [0.25, 0.3) is 0 Å². The Labute approximate surface area is 82.3 Å². The first-order valence-electron chi connectivity index (χ1n) is 4.15. The van der Waals surface area contributed by atoms with Crippen molar-refractivity contribution in [2.24, 2.45) is 0 Å². The Morgan fingerprint density at radius 3 is 3.25 bits per heavy atom. The summed E-state index contributed by atoms with van der Waals surface area (Å²) in [5.41, 5.74) is 1.43. The molecule has 1 nitrogen and oxygen atoms in total. The van der Waals surface area contributed by atoms with Crippen LogP contribution in [0.5, 0.6) is 0 Å². The minimum absolute atomic E-state index is 0.442. The van der Waals surface area contributed by atoms with Crippen molar-refractivity contribution in [3.8, 4) is 0 Å². The fourth-order valence-electron chi connectivity index (χ4n) is 1.47. The molecule has 2 unspecified atom stereocenters. The summed E-state index contributed by atoms with van der Waals surface area (Å²) in [4.78, 5) is 0. The smallest absolute Gasteiger partial charge is 0.134 e. The van der Waals surface area contributed by atoms with Crippen molar-refractivity contribution in [1.82, 2.24) is 5.32 Å². The maximum atomic E-state index is 5.10. The lowest BCUT2D eigenvalue weighted by Gasteiger charge is -2.16. The minimum Gasteiger partial charge on any atom is -0.363 e. The Morgan fingerprint density at radius 1 is 1.67 bits per heavy atom. The predicted octanol–water partition coefficient (Wildman–Crippen LogP) is 2.25. The van der Waals surface area contributed by atoms with Gasteiger partial charge in [0.05, 0.1) is 11.3 Å². The molecule has 1 aliphatic carbocycles. The quantitative estimate of drug-likeness (QED) is 0.648. The van der Waals surface area contributed by atoms with Crippen molar-refractivity contribution in [2.75, 3.05) is 0 Å². The van der Waals surface area contributed by atoms with Crippen LogP contribution < -0.4 is 5.32 Å². The molecule has 1 aliphatic heterocycles. The average molecular weight is 197 g/mol. The summed E-state index contributed by atoms with van der Waals surface area (Å²) in [7, 11) is 0. The van der Waals surface area contributed by atoms with Crippen LogP contribution in [0.25, 0.3) is 0 Å². The third-order valence-corrected chi connectivity index (χ3v) is 3.63. The molecule has 1 fully saturated rings. The molecule has 0 saturated carbocycles. The molecular weight excluding hydrogens is 186 g/mol. The zero-order valence-corrected chi connectivity index (χ0v) is 8.54. The third kappa shape index (κ3) is 1.43. The maximum absolute atomic E-state index is 5.10. The Kier molecular flexibility index (Phi) is 2.24. The van der Waals surface area contributed by atoms with E-state index in [9.17, 15) is 0 Å². The molecule has 1 saturated heterocycles. The maximum Gasteiger partial charge on any atom is 0.134 e. The van der Waals surface area contributed by atoms with Gasteiger partial charge in [0.15, 0.2) is 0 Å². The Balaban J connectivity index is 2.18. The molecule has 3 heteroatoms. The number of thiocarbonyl (C=S) groups is 1. The largest absolute Gasteiger partial charge is 0.363 e. The summed E-state index contributed by atoms with van der Waals surface area (Å²) in [6, 6.07) is 0.442. The first-order chi connectivity index (χ1) is 5.79. The molecular formula is C9H11NS2. The zero-order chi connectivity index (χ0) is 8.55. The highest BCUT2D eigenvalue weighted by molar-refractivity contribution is 8.23. The van der Waals surface area contributed by atoms with E-state index in [2.05, 4.69) is 30.5 Å². The molecule has 0 aromatic carbocycles. The second-order valence-corrected chi connectivity index (χ2v) is 4.85. The van der Waals surface area contributed by atoms with Crippen molar-refractivity contribution >= 4 is 28.3 Å². The standard InChI is InChI=1S/C9H11NS2/c1-2-6-3-4-7-8(5-6)12-9(11)10-7/h3-5,7-8H,2H2,1H3,(H,10,11). The number of fused-ring (bicyclic) bond motifs is 1. The van der Waals surface area contributed by atoms with E-state index in [1.165, 1.54) is 5.57 Å². The van der Waals surface area contributed by atoms with Gasteiger partial charge in [-0.1, -0.05) is 54.7 Å². The van der Waals surface area contributed by atoms with E-state index in [4.69, 9.17) is 12.2 Å². The molecule has 2 rings (SSSR count). The van der Waals surface area contributed by atoms with Crippen molar-refractivity contribution in [3.05, 3.63) is 23.8 Å². The summed E-state index contributed by atoms with van der Waals surface area (Å²) < 4.78 is 0.934. The van der Waals surface area contributed by atoms with E-state index in [0.29, 0.717) is 11.3 Å². The fraction of sp³-hybridized carbons (Fsp3) is 0.444. The normalized spacial score (nSPS) is 32.8. The first-order valence-corrected chi connectivity index (χ1v) is 5.44. The first kappa shape index (κ1) is 8.32. The molecule has 2 aliphatic rings. The van der Waals surface area contributed by atoms with Crippen LogP contribution in [-0.4, -0.2) is 15.6 Å². The molecule has 2 atom stereocenters. The number of hydrogen-bond acceptors (Lipinski definition) is 2. The monoisotopic (exact) mass is 197 g/mol. The number of nitrogens with one attached hydrogen (secondary N) is 1. The van der Waals surface area contributed by atoms with Crippen LogP contribution in [0.3, 0.4) is 0 Å². The Morgan fingerprint density at radius 2 is 2.50 bits per heavy atom. The molecule has 0 aromatic heterocycles. The summed E-state index contributed by atoms with van der Waals surface area (Å²) in [5.74, 6) is 0. The van der Waals surface area contributed by atoms with E-state index in [-0.39, 0.29) is 0 Å². The second kappa shape index (κ2) is 3.23. The average Bonchev–Trinajstić information content (AvgIpc) is 2.43. The lowest BCUT2D eigenvalue weighted by Crippen LogP contribution is -2.29. The van der Waals surface area contributed by atoms with Gasteiger partial charge in [-0.3, -0.25) is 0 Å². The predicted molar refractivity (Wildman–Crippen MR) is 58.4 cm³/mol. The van der Waals surface area contributed by atoms with Crippen LogP contribution in [0.1, 0.15) is 13.3 Å². The Bertz CT molecular complexity index is 268. The Hall–Kier alpha value is -0.280. The highest BCUT2D eigenvalue weighted by Crippen LogP contribution is 2.30. The zero-order valence-electron chi connectivity index (χ0n) is 6.91. The van der Waals surface area contributed by atoms with Gasteiger partial charge in [0.2, 0.25) is 0 Å². The van der Waals surface area contributed by atoms with Crippen molar-refractivity contribution in [2.45, 2.75) is 24.6 Å². The molecule has 0 spiro atoms. The van der Waals surface area contributed by atoms with Gasteiger partial charge in [-0.2, -0.15) is 0 Å². The van der Waals surface area contributed by atoms with Gasteiger partial charge in [-0.15, -0.1) is 0 Å². The lowest BCUT2D eigenvalue weighted by molar-refractivity contribution is 0.769. The molecule has 1 N–H and O–H groups in total. The lowest BCUT2D eigenvalue weighted by atomic mass is 10.0. The van der Waals surface area contributed by atoms with Gasteiger partial charge in [0, 0.05) is 0 Å². The number of thioether (sulfide) groups is 1. The van der Waals surface area contributed by atoms with Crippen LogP contribution in [0.15, 0.2) is 23.8 Å². The second-order valence-electron chi connectivity index (χ2n) is 2.99. The number of rotatable bonds is 1. The van der Waals surface area contributed by atoms with Crippen LogP contribution in [0, 0.1) is 0 Å². The molecule has 1 heterocycles. The summed E-state index contributed by atoms with van der Waals surface area (Å²) in [5, 5.41) is 3.80. The molecule has 0 radical (unpaired) electrons. The van der Waals surface area contributed by atoms with Gasteiger partial charge in [-0.25, -0.2) is 0 Å². The summed E-state index contributed by atoms with van der Waals surface area (Å²) >= 11 is 6.86. The highest BCUT2D eigenvalue weighted by atomic mass is 32.2. The van der Waals surface area contributed by atoms with Crippen LogP contribution in [-0.2, 0) is 0 Å². The molecule has 12 heavy (non-hydrogen) atoms. The fourth-order valence-corrected chi connectivity index (χ4v) is 2.94. The third-order valence-electron chi connectivity index (χ3n) is 2.19. The van der Waals surface area contributed by atoms with Crippen molar-refractivity contribution in [3.63, 3.8) is 0 Å². The topological polar surface area (TPSA) is 12.0 Å². The van der Waals surface area contributed by atoms with E-state index in [1.807, 2.05) is 0 Å². The molecule has 0 amide bonds. The minimum atomic E-state index is 0.442. The van der Waals surface area contributed by atoms with Crippen LogP contribution in [0.2, 0.25) is 0 Å². The summed E-state index contributed by atoms with van der Waals surface area (Å²) in [6.07, 6.45) is 7.85. The van der Waals surface area contributed by atoms with Gasteiger partial charge in [-0.05, 0) is 6.42 Å². The van der Waals surface area contributed by atoms with E-state index in [1.54, 1.807) is 11.8 Å². The SMILES string of the molecule is CCC1=CC2SC(=S)NC2C=C1.